The van der Waals surface area contributed by atoms with E-state index in [4.69, 9.17) is 9.25 Å². The minimum absolute atomic E-state index is 0.0181. The number of fused-ring (bicyclic) bond motifs is 4. The fourth-order valence-corrected chi connectivity index (χ4v) is 12.1. The second kappa shape index (κ2) is 15.9. The van der Waals surface area contributed by atoms with Gasteiger partial charge in [-0.05, 0) is 79.4 Å². The van der Waals surface area contributed by atoms with Gasteiger partial charge in [0.25, 0.3) is 21.9 Å². The van der Waals surface area contributed by atoms with Crippen molar-refractivity contribution < 1.29 is 58.7 Å². The van der Waals surface area contributed by atoms with E-state index in [1.54, 1.807) is 42.5 Å². The Bertz CT molecular complexity index is 3270. The van der Waals surface area contributed by atoms with Crippen molar-refractivity contribution in [2.45, 2.75) is 53.2 Å². The number of rotatable bonds is 8. The van der Waals surface area contributed by atoms with Crippen molar-refractivity contribution in [1.82, 2.24) is 13.9 Å². The van der Waals surface area contributed by atoms with Crippen molar-refractivity contribution in [1.29, 1.82) is 0 Å². The Morgan fingerprint density at radius 1 is 0.723 bits per heavy atom. The van der Waals surface area contributed by atoms with Crippen LogP contribution in [0, 0.1) is 5.92 Å². The monoisotopic (exact) mass is 941 g/mol. The van der Waals surface area contributed by atoms with Gasteiger partial charge in [-0.15, -0.1) is 5.06 Å². The first-order valence-electron chi connectivity index (χ1n) is 20.8. The van der Waals surface area contributed by atoms with E-state index in [2.05, 4.69) is 0 Å². The molecule has 5 aliphatic heterocycles. The van der Waals surface area contributed by atoms with Gasteiger partial charge in [0, 0.05) is 96.1 Å². The molecule has 0 bridgehead atoms. The van der Waals surface area contributed by atoms with Gasteiger partial charge in [0.1, 0.15) is 22.2 Å². The molecule has 4 aromatic rings. The third-order valence-electron chi connectivity index (χ3n) is 12.6. The Morgan fingerprint density at radius 3 is 2.18 bits per heavy atom. The molecule has 4 N–H and O–H groups in total. The Hall–Kier alpha value is -5.97. The number of benzene rings is 5. The summed E-state index contributed by atoms with van der Waals surface area (Å²) < 4.78 is 103. The van der Waals surface area contributed by atoms with Crippen LogP contribution in [0.1, 0.15) is 36.8 Å². The van der Waals surface area contributed by atoms with Crippen LogP contribution in [-0.2, 0) is 52.2 Å². The van der Waals surface area contributed by atoms with Crippen molar-refractivity contribution in [2.75, 3.05) is 31.1 Å². The predicted octanol–water partition coefficient (Wildman–Crippen LogP) is 6.40. The lowest BCUT2D eigenvalue weighted by atomic mass is 9.93. The molecular formula is C45H41N4O13S3+. The Balaban J connectivity index is 1.07. The number of carbonyl (C=O) groups is 3. The fourth-order valence-electron chi connectivity index (χ4n) is 9.31. The van der Waals surface area contributed by atoms with E-state index in [1.807, 2.05) is 45.9 Å². The highest BCUT2D eigenvalue weighted by Crippen LogP contribution is 2.47. The molecule has 336 valence electrons. The molecule has 65 heavy (non-hydrogen) atoms. The summed E-state index contributed by atoms with van der Waals surface area (Å²) in [6.45, 7) is 1.01. The highest BCUT2D eigenvalue weighted by molar-refractivity contribution is 8.19. The van der Waals surface area contributed by atoms with Crippen LogP contribution < -0.4 is 14.8 Å². The van der Waals surface area contributed by atoms with Gasteiger partial charge in [0.2, 0.25) is 21.1 Å². The smallest absolute Gasteiger partial charge is 0.336 e. The Morgan fingerprint density at radius 2 is 1.45 bits per heavy atom. The van der Waals surface area contributed by atoms with Gasteiger partial charge in [0.05, 0.1) is 26.7 Å². The molecule has 20 heteroatoms. The lowest BCUT2D eigenvalue weighted by Gasteiger charge is -2.31. The molecule has 5 heterocycles. The first-order valence-corrected chi connectivity index (χ1v) is 25.1. The van der Waals surface area contributed by atoms with E-state index in [-0.39, 0.29) is 53.5 Å². The number of carbonyl (C=O) groups excluding carboxylic acids is 3. The third kappa shape index (κ3) is 7.68. The molecule has 2 saturated heterocycles. The molecule has 0 aromatic heterocycles. The van der Waals surface area contributed by atoms with Gasteiger partial charge in [-0.1, -0.05) is 18.2 Å². The lowest BCUT2D eigenvalue weighted by Crippen LogP contribution is -2.42. The first-order chi connectivity index (χ1) is 31.0. The average Bonchev–Trinajstić information content (AvgIpc) is 4.00. The van der Waals surface area contributed by atoms with Crippen LogP contribution in [0.4, 0.5) is 17.1 Å². The minimum atomic E-state index is -4.41. The molecule has 2 amide bonds. The van der Waals surface area contributed by atoms with E-state index in [9.17, 15) is 49.4 Å². The highest BCUT2D eigenvalue weighted by Gasteiger charge is 2.39. The van der Waals surface area contributed by atoms with Gasteiger partial charge >= 0.3 is 5.97 Å². The van der Waals surface area contributed by atoms with Crippen LogP contribution in [0.25, 0.3) is 33.4 Å². The topological polar surface area (TPSA) is 236 Å². The number of amides is 2. The standard InChI is InChI=1S/C45H40N4O13S3/c50-42-13-14-43(51)49(42)62-45(52)27-15-19-46(20-16-27)63(53,54)41-4-2-1-3-36(41)44-34-9-5-30(47-21-17-28-23-32(64(55,56)57)7-11-37(28)47)25-39(34)61-40-26-31(6-10-35(40)44)48-22-18-29-24-33(65(58,59)60)8-12-38(29)48/h1-12,23-27H,13-22H2,(H3-,55,56,57,58,59,60)/p+1. The molecule has 0 unspecified atom stereocenters. The molecule has 0 saturated carbocycles. The number of anilines is 2. The summed E-state index contributed by atoms with van der Waals surface area (Å²) in [4.78, 5) is 44.1. The number of piperidine rings is 1. The third-order valence-corrected chi connectivity index (χ3v) is 16.3. The summed E-state index contributed by atoms with van der Waals surface area (Å²) in [7, 11) is -12.5. The molecule has 0 radical (unpaired) electrons. The molecule has 6 aliphatic rings. The van der Waals surface area contributed by atoms with E-state index in [0.29, 0.717) is 64.4 Å². The average molecular weight is 942 g/mol. The maximum Gasteiger partial charge on any atom is 0.336 e. The number of hydroxylamine groups is 2. The zero-order valence-corrected chi connectivity index (χ0v) is 36.8. The van der Waals surface area contributed by atoms with E-state index >= 15 is 0 Å². The molecule has 4 aromatic carbocycles. The van der Waals surface area contributed by atoms with Crippen LogP contribution in [0.5, 0.6) is 0 Å². The zero-order valence-electron chi connectivity index (χ0n) is 34.4. The van der Waals surface area contributed by atoms with Crippen LogP contribution in [0.2, 0.25) is 0 Å². The summed E-state index contributed by atoms with van der Waals surface area (Å²) in [5.41, 5.74) is 5.84. The number of hydrogen-bond donors (Lipinski definition) is 4. The predicted molar refractivity (Wildman–Crippen MR) is 238 cm³/mol. The highest BCUT2D eigenvalue weighted by atomic mass is 32.3. The number of nitrogens with zero attached hydrogens (tertiary/aromatic N) is 4. The quantitative estimate of drug-likeness (QED) is 0.0560. The lowest BCUT2D eigenvalue weighted by molar-refractivity contribution is -0.201. The van der Waals surface area contributed by atoms with Crippen molar-refractivity contribution >= 4 is 76.8 Å². The normalized spacial score (nSPS) is 18.5. The van der Waals surface area contributed by atoms with Crippen LogP contribution in [0.3, 0.4) is 0 Å². The van der Waals surface area contributed by atoms with Crippen molar-refractivity contribution in [3.8, 4) is 22.5 Å². The van der Waals surface area contributed by atoms with Gasteiger partial charge in [-0.3, -0.25) is 14.1 Å². The maximum atomic E-state index is 14.7. The molecule has 2 fully saturated rings. The molecule has 1 aliphatic carbocycles. The molecule has 0 atom stereocenters. The fraction of sp³-hybridized carbons (Fsp3) is 0.244. The minimum Gasteiger partial charge on any atom is -0.456 e. The van der Waals surface area contributed by atoms with Crippen molar-refractivity contribution in [3.63, 3.8) is 0 Å². The van der Waals surface area contributed by atoms with Gasteiger partial charge < -0.3 is 27.8 Å². The summed E-state index contributed by atoms with van der Waals surface area (Å²) >= 11 is 0. The zero-order chi connectivity index (χ0) is 45.6. The molecule has 10 rings (SSSR count). The van der Waals surface area contributed by atoms with Gasteiger partial charge in [0.15, 0.2) is 6.54 Å². The second-order valence-corrected chi connectivity index (χ2v) is 21.2. The number of imide groups is 1. The summed E-state index contributed by atoms with van der Waals surface area (Å²) in [5, 5.41) is 1.85. The Labute approximate surface area is 374 Å². The second-order valence-electron chi connectivity index (χ2n) is 16.4. The molecule has 17 nitrogen and oxygen atoms in total. The van der Waals surface area contributed by atoms with Gasteiger partial charge in [-0.25, -0.2) is 13.2 Å². The maximum absolute atomic E-state index is 14.7. The van der Waals surface area contributed by atoms with Crippen LogP contribution in [-0.4, -0.2) is 88.4 Å². The molecular weight excluding hydrogens is 901 g/mol. The summed E-state index contributed by atoms with van der Waals surface area (Å²) in [6.07, 6.45) is 1.21. The van der Waals surface area contributed by atoms with Crippen LogP contribution >= 0.6 is 10.9 Å². The Kier molecular flexibility index (Phi) is 10.5. The summed E-state index contributed by atoms with van der Waals surface area (Å²) in [6, 6.07) is 27.1. The first kappa shape index (κ1) is 43.0. The molecule has 0 spiro atoms. The van der Waals surface area contributed by atoms with E-state index in [0.717, 1.165) is 33.5 Å². The van der Waals surface area contributed by atoms with Gasteiger partial charge in [-0.2, -0.15) is 17.3 Å². The largest absolute Gasteiger partial charge is 0.456 e. The summed E-state index contributed by atoms with van der Waals surface area (Å²) in [5.74, 6) is -2.25. The van der Waals surface area contributed by atoms with Crippen molar-refractivity contribution in [3.05, 3.63) is 114 Å². The number of hydrogen-bond acceptors (Lipinski definition) is 13. The van der Waals surface area contributed by atoms with Crippen molar-refractivity contribution in [2.24, 2.45) is 5.92 Å². The van der Waals surface area contributed by atoms with E-state index < -0.39 is 54.7 Å². The SMILES string of the molecule is O=C(ON1C(=O)CCC1=O)C1CCN(S(=O)(=O)c2ccccc2-c2c3ccc(=[N+]4CCc5cc(S(O)(O)O)ccc54)cc-3oc3cc(N4CCc5cc(S(=O)(=O)O)ccc54)ccc23)CC1. The van der Waals surface area contributed by atoms with Crippen LogP contribution in [0.15, 0.2) is 116 Å². The van der Waals surface area contributed by atoms with E-state index in [1.165, 1.54) is 22.5 Å². The number of sulfonamides is 1.